The van der Waals surface area contributed by atoms with Gasteiger partial charge in [0.15, 0.2) is 0 Å². The summed E-state index contributed by atoms with van der Waals surface area (Å²) in [7, 11) is 0. The number of rotatable bonds is 1. The van der Waals surface area contributed by atoms with Crippen molar-refractivity contribution in [1.82, 2.24) is 5.53 Å². The minimum atomic E-state index is 0.731. The van der Waals surface area contributed by atoms with E-state index in [1.807, 2.05) is 24.3 Å². The summed E-state index contributed by atoms with van der Waals surface area (Å²) in [6, 6.07) is 8.01. The fourth-order valence-corrected chi connectivity index (χ4v) is 1.27. The number of anilines is 1. The molecule has 12 heavy (non-hydrogen) atoms. The summed E-state index contributed by atoms with van der Waals surface area (Å²) in [6.07, 6.45) is 1.68. The highest BCUT2D eigenvalue weighted by Crippen LogP contribution is 2.21. The average Bonchev–Trinajstić information content (AvgIpc) is 2.17. The van der Waals surface area contributed by atoms with E-state index >= 15 is 0 Å². The van der Waals surface area contributed by atoms with E-state index in [4.69, 9.17) is 5.84 Å². The van der Waals surface area contributed by atoms with Crippen LogP contribution in [0.5, 0.6) is 0 Å². The molecule has 0 bridgehead atoms. The molecule has 0 spiro atoms. The van der Waals surface area contributed by atoms with Gasteiger partial charge in [0.05, 0.1) is 12.2 Å². The molecule has 4 nitrogen and oxygen atoms in total. The van der Waals surface area contributed by atoms with Gasteiger partial charge in [-0.15, -0.1) is 0 Å². The van der Waals surface area contributed by atoms with E-state index < -0.39 is 0 Å². The lowest BCUT2D eigenvalue weighted by Crippen LogP contribution is -2.43. The predicted molar refractivity (Wildman–Crippen MR) is 48.4 cm³/mol. The molecule has 0 fully saturated rings. The third kappa shape index (κ3) is 1.07. The molecule has 1 heterocycles. The number of nitrogens with two attached hydrogens (primary N) is 1. The fraction of sp³-hybridized carbons (Fsp3) is 0.125. The van der Waals surface area contributed by atoms with Crippen molar-refractivity contribution in [3.8, 4) is 0 Å². The Morgan fingerprint density at radius 3 is 3.08 bits per heavy atom. The second-order valence-electron chi connectivity index (χ2n) is 2.58. The smallest absolute Gasteiger partial charge is 0.106 e. The zero-order valence-electron chi connectivity index (χ0n) is 6.57. The lowest BCUT2D eigenvalue weighted by molar-refractivity contribution is 0.765. The first-order chi connectivity index (χ1) is 5.92. The molecule has 0 aromatic heterocycles. The molecule has 1 aromatic rings. The highest BCUT2D eigenvalue weighted by atomic mass is 15.6. The first kappa shape index (κ1) is 7.27. The molecule has 4 heteroatoms. The van der Waals surface area contributed by atoms with Crippen LogP contribution in [0.1, 0.15) is 5.56 Å². The highest BCUT2D eigenvalue weighted by molar-refractivity contribution is 5.81. The molecular formula is C8H10N4. The number of hydrogen-bond acceptors (Lipinski definition) is 4. The molecule has 0 radical (unpaired) electrons. The van der Waals surface area contributed by atoms with E-state index in [0.29, 0.717) is 0 Å². The monoisotopic (exact) mass is 162 g/mol. The number of para-hydroxylation sites is 1. The molecule has 1 aliphatic rings. The van der Waals surface area contributed by atoms with Crippen molar-refractivity contribution >= 4 is 12.0 Å². The van der Waals surface area contributed by atoms with Crippen LogP contribution in [0.4, 0.5) is 5.69 Å². The zero-order chi connectivity index (χ0) is 8.39. The minimum absolute atomic E-state index is 0.731. The molecule has 0 unspecified atom stereocenters. The van der Waals surface area contributed by atoms with E-state index in [0.717, 1.165) is 12.2 Å². The van der Waals surface area contributed by atoms with Gasteiger partial charge in [0.2, 0.25) is 0 Å². The van der Waals surface area contributed by atoms with Crippen LogP contribution in [-0.4, -0.2) is 6.34 Å². The van der Waals surface area contributed by atoms with E-state index in [9.17, 15) is 0 Å². The van der Waals surface area contributed by atoms with Gasteiger partial charge in [-0.25, -0.2) is 0 Å². The second kappa shape index (κ2) is 2.92. The maximum absolute atomic E-state index is 5.30. The van der Waals surface area contributed by atoms with Crippen molar-refractivity contribution in [2.45, 2.75) is 6.54 Å². The Morgan fingerprint density at radius 2 is 2.25 bits per heavy atom. The van der Waals surface area contributed by atoms with Crippen molar-refractivity contribution in [2.24, 2.45) is 10.8 Å². The molecule has 0 amide bonds. The highest BCUT2D eigenvalue weighted by Gasteiger charge is 2.10. The van der Waals surface area contributed by atoms with Crippen LogP contribution in [0, 0.1) is 0 Å². The summed E-state index contributed by atoms with van der Waals surface area (Å²) in [6.45, 7) is 0.731. The van der Waals surface area contributed by atoms with Crippen LogP contribution in [0.25, 0.3) is 0 Å². The molecule has 2 rings (SSSR count). The summed E-state index contributed by atoms with van der Waals surface area (Å²) in [4.78, 5) is 4.13. The van der Waals surface area contributed by atoms with Crippen LogP contribution >= 0.6 is 0 Å². The number of aliphatic imine (C=N–C) groups is 1. The lowest BCUT2D eigenvalue weighted by Gasteiger charge is -2.23. The van der Waals surface area contributed by atoms with Crippen molar-refractivity contribution in [2.75, 3.05) is 5.01 Å². The van der Waals surface area contributed by atoms with Gasteiger partial charge in [0, 0.05) is 0 Å². The number of nitrogens with one attached hydrogen (secondary N) is 1. The van der Waals surface area contributed by atoms with E-state index in [1.54, 1.807) is 11.3 Å². The van der Waals surface area contributed by atoms with Crippen LogP contribution in [-0.2, 0) is 6.54 Å². The van der Waals surface area contributed by atoms with Gasteiger partial charge in [-0.3, -0.25) is 15.8 Å². The maximum Gasteiger partial charge on any atom is 0.106 e. The first-order valence-electron chi connectivity index (χ1n) is 3.75. The Labute approximate surface area is 70.6 Å². The Kier molecular flexibility index (Phi) is 1.77. The third-order valence-corrected chi connectivity index (χ3v) is 1.85. The van der Waals surface area contributed by atoms with Crippen LogP contribution in [0.15, 0.2) is 29.3 Å². The molecule has 1 aliphatic heterocycles. The van der Waals surface area contributed by atoms with E-state index in [1.165, 1.54) is 5.56 Å². The molecule has 0 atom stereocenters. The lowest BCUT2D eigenvalue weighted by atomic mass is 10.1. The first-order valence-corrected chi connectivity index (χ1v) is 3.75. The van der Waals surface area contributed by atoms with Gasteiger partial charge >= 0.3 is 0 Å². The number of hydrazine groups is 2. The average molecular weight is 162 g/mol. The standard InChI is InChI=1S/C8H10N4/c9-11-12-6-10-5-7-3-1-2-4-8(7)12/h1-4,6,11H,5,9H2. The Morgan fingerprint density at radius 1 is 1.42 bits per heavy atom. The second-order valence-corrected chi connectivity index (χ2v) is 2.58. The van der Waals surface area contributed by atoms with Gasteiger partial charge in [0.25, 0.3) is 0 Å². The SMILES string of the molecule is NNN1C=NCc2ccccc21. The Balaban J connectivity index is 2.43. The van der Waals surface area contributed by atoms with Crippen LogP contribution in [0.3, 0.4) is 0 Å². The summed E-state index contributed by atoms with van der Waals surface area (Å²) in [5.41, 5.74) is 4.79. The topological polar surface area (TPSA) is 53.6 Å². The van der Waals surface area contributed by atoms with Crippen molar-refractivity contribution in [3.63, 3.8) is 0 Å². The number of nitrogens with zero attached hydrogens (tertiary/aromatic N) is 2. The molecule has 0 saturated carbocycles. The molecule has 0 saturated heterocycles. The van der Waals surface area contributed by atoms with Gasteiger partial charge in [-0.05, 0) is 11.6 Å². The van der Waals surface area contributed by atoms with Crippen LogP contribution < -0.4 is 16.4 Å². The van der Waals surface area contributed by atoms with Gasteiger partial charge < -0.3 is 0 Å². The third-order valence-electron chi connectivity index (χ3n) is 1.85. The fourth-order valence-electron chi connectivity index (χ4n) is 1.27. The summed E-state index contributed by atoms with van der Waals surface area (Å²) >= 11 is 0. The van der Waals surface area contributed by atoms with E-state index in [2.05, 4.69) is 10.5 Å². The quantitative estimate of drug-likeness (QED) is 0.464. The number of hydrogen-bond donors (Lipinski definition) is 2. The minimum Gasteiger partial charge on any atom is -0.269 e. The predicted octanol–water partition coefficient (Wildman–Crippen LogP) is 0.413. The maximum atomic E-state index is 5.30. The van der Waals surface area contributed by atoms with Crippen LogP contribution in [0.2, 0.25) is 0 Å². The van der Waals surface area contributed by atoms with Gasteiger partial charge in [-0.2, -0.15) is 5.53 Å². The van der Waals surface area contributed by atoms with Crippen molar-refractivity contribution < 1.29 is 0 Å². The largest absolute Gasteiger partial charge is 0.269 e. The van der Waals surface area contributed by atoms with Gasteiger partial charge in [0.1, 0.15) is 6.34 Å². The molecule has 1 aromatic carbocycles. The normalized spacial score (nSPS) is 14.6. The molecule has 3 N–H and O–H groups in total. The zero-order valence-corrected chi connectivity index (χ0v) is 6.57. The Hall–Kier alpha value is -1.39. The van der Waals surface area contributed by atoms with Crippen molar-refractivity contribution in [1.29, 1.82) is 0 Å². The van der Waals surface area contributed by atoms with E-state index in [-0.39, 0.29) is 0 Å². The Bertz CT molecular complexity index is 308. The van der Waals surface area contributed by atoms with Crippen molar-refractivity contribution in [3.05, 3.63) is 29.8 Å². The number of benzene rings is 1. The summed E-state index contributed by atoms with van der Waals surface area (Å²) in [5, 5.41) is 1.69. The summed E-state index contributed by atoms with van der Waals surface area (Å²) in [5.74, 6) is 5.30. The molecule has 0 aliphatic carbocycles. The molecule has 62 valence electrons. The molecular weight excluding hydrogens is 152 g/mol. The van der Waals surface area contributed by atoms with Gasteiger partial charge in [-0.1, -0.05) is 18.2 Å². The number of fused-ring (bicyclic) bond motifs is 1. The summed E-state index contributed by atoms with van der Waals surface area (Å²) < 4.78 is 0.